The van der Waals surface area contributed by atoms with Crippen molar-refractivity contribution in [2.45, 2.75) is 0 Å². The van der Waals surface area contributed by atoms with Crippen LogP contribution in [0.25, 0.3) is 0 Å². The van der Waals surface area contributed by atoms with E-state index in [4.69, 9.17) is 0 Å². The van der Waals surface area contributed by atoms with E-state index in [1.807, 2.05) is 0 Å². The van der Waals surface area contributed by atoms with Crippen LogP contribution in [-0.4, -0.2) is 5.78 Å². The van der Waals surface area contributed by atoms with Gasteiger partial charge in [0.2, 0.25) is 0 Å². The number of halogens is 4. The molecule has 2 aromatic carbocycles. The molecular weight excluding hydrogens is 309 g/mol. The van der Waals surface area contributed by atoms with Crippen LogP contribution in [-0.2, 0) is 0 Å². The first-order chi connectivity index (χ1) is 8.50. The molecule has 0 radical (unpaired) electrons. The van der Waals surface area contributed by atoms with E-state index in [1.54, 1.807) is 12.1 Å². The number of benzene rings is 2. The molecule has 0 aliphatic heterocycles. The minimum absolute atomic E-state index is 0.189. The number of ketones is 1. The number of carbonyl (C=O) groups is 1. The quantitative estimate of drug-likeness (QED) is 0.602. The van der Waals surface area contributed by atoms with E-state index in [9.17, 15) is 18.0 Å². The third-order valence-electron chi connectivity index (χ3n) is 2.37. The van der Waals surface area contributed by atoms with E-state index < -0.39 is 28.8 Å². The molecule has 1 nitrogen and oxygen atoms in total. The zero-order chi connectivity index (χ0) is 13.3. The summed E-state index contributed by atoms with van der Waals surface area (Å²) in [4.78, 5) is 11.9. The van der Waals surface area contributed by atoms with Crippen LogP contribution in [0.4, 0.5) is 13.2 Å². The Morgan fingerprint density at radius 3 is 2.39 bits per heavy atom. The largest absolute Gasteiger partial charge is 0.288 e. The van der Waals surface area contributed by atoms with Crippen LogP contribution < -0.4 is 0 Å². The van der Waals surface area contributed by atoms with Gasteiger partial charge in [0.15, 0.2) is 23.2 Å². The lowest BCUT2D eigenvalue weighted by molar-refractivity contribution is 0.103. The lowest BCUT2D eigenvalue weighted by Crippen LogP contribution is -2.07. The molecule has 0 aromatic heterocycles. The second kappa shape index (κ2) is 4.94. The summed E-state index contributed by atoms with van der Waals surface area (Å²) in [6, 6.07) is 7.88. The number of hydrogen-bond acceptors (Lipinski definition) is 1. The molecule has 0 spiro atoms. The molecule has 5 heteroatoms. The Morgan fingerprint density at radius 1 is 1.00 bits per heavy atom. The zero-order valence-corrected chi connectivity index (χ0v) is 10.5. The van der Waals surface area contributed by atoms with E-state index >= 15 is 0 Å². The van der Waals surface area contributed by atoms with Gasteiger partial charge in [-0.2, -0.15) is 0 Å². The molecule has 2 aromatic rings. The summed E-state index contributed by atoms with van der Waals surface area (Å²) in [6.07, 6.45) is 0. The number of carbonyl (C=O) groups excluding carboxylic acids is 1. The standard InChI is InChI=1S/C13H6BrF3O/c14-8-3-1-2-7(6-8)13(18)9-4-5-10(15)12(17)11(9)16/h1-6H. The summed E-state index contributed by atoms with van der Waals surface area (Å²) in [5.74, 6) is -5.14. The van der Waals surface area contributed by atoms with Crippen molar-refractivity contribution >= 4 is 21.7 Å². The van der Waals surface area contributed by atoms with Crippen molar-refractivity contribution in [3.05, 3.63) is 69.4 Å². The van der Waals surface area contributed by atoms with Gasteiger partial charge in [0.25, 0.3) is 0 Å². The Kier molecular flexibility index (Phi) is 3.52. The van der Waals surface area contributed by atoms with Gasteiger partial charge in [-0.05, 0) is 24.3 Å². The second-order valence-corrected chi connectivity index (χ2v) is 4.48. The molecule has 2 rings (SSSR count). The van der Waals surface area contributed by atoms with Gasteiger partial charge >= 0.3 is 0 Å². The third-order valence-corrected chi connectivity index (χ3v) is 2.86. The summed E-state index contributed by atoms with van der Waals surface area (Å²) >= 11 is 3.17. The predicted molar refractivity (Wildman–Crippen MR) is 63.9 cm³/mol. The van der Waals surface area contributed by atoms with Crippen LogP contribution in [0.2, 0.25) is 0 Å². The van der Waals surface area contributed by atoms with Gasteiger partial charge in [0.05, 0.1) is 5.56 Å². The van der Waals surface area contributed by atoms with Gasteiger partial charge in [-0.15, -0.1) is 0 Å². The fourth-order valence-corrected chi connectivity index (χ4v) is 1.89. The molecule has 0 bridgehead atoms. The Balaban J connectivity index is 2.50. The molecule has 0 amide bonds. The summed E-state index contributed by atoms with van der Waals surface area (Å²) < 4.78 is 39.9. The fourth-order valence-electron chi connectivity index (χ4n) is 1.49. The van der Waals surface area contributed by atoms with Crippen molar-refractivity contribution < 1.29 is 18.0 Å². The van der Waals surface area contributed by atoms with Crippen molar-refractivity contribution in [2.24, 2.45) is 0 Å². The minimum Gasteiger partial charge on any atom is -0.288 e. The number of rotatable bonds is 2. The molecule has 18 heavy (non-hydrogen) atoms. The van der Waals surface area contributed by atoms with Crippen molar-refractivity contribution in [2.75, 3.05) is 0 Å². The highest BCUT2D eigenvalue weighted by atomic mass is 79.9. The van der Waals surface area contributed by atoms with E-state index in [0.29, 0.717) is 4.47 Å². The Bertz CT molecular complexity index is 626. The maximum atomic E-state index is 13.5. The Hall–Kier alpha value is -1.62. The third kappa shape index (κ3) is 2.31. The maximum Gasteiger partial charge on any atom is 0.196 e. The Labute approximate surface area is 109 Å². The summed E-state index contributed by atoms with van der Waals surface area (Å²) in [6.45, 7) is 0. The van der Waals surface area contributed by atoms with E-state index in [-0.39, 0.29) is 5.56 Å². The van der Waals surface area contributed by atoms with Crippen molar-refractivity contribution in [1.29, 1.82) is 0 Å². The number of hydrogen-bond donors (Lipinski definition) is 0. The molecule has 0 aliphatic rings. The first kappa shape index (κ1) is 12.8. The molecule has 0 saturated carbocycles. The first-order valence-electron chi connectivity index (χ1n) is 4.94. The Morgan fingerprint density at radius 2 is 1.72 bits per heavy atom. The SMILES string of the molecule is O=C(c1cccc(Br)c1)c1ccc(F)c(F)c1F. The van der Waals surface area contributed by atoms with Crippen LogP contribution in [0, 0.1) is 17.5 Å². The van der Waals surface area contributed by atoms with Crippen molar-refractivity contribution in [1.82, 2.24) is 0 Å². The van der Waals surface area contributed by atoms with Gasteiger partial charge in [-0.25, -0.2) is 13.2 Å². The minimum atomic E-state index is -1.64. The molecule has 0 fully saturated rings. The molecule has 0 unspecified atom stereocenters. The average molecular weight is 315 g/mol. The summed E-state index contributed by atoms with van der Waals surface area (Å²) in [5, 5.41) is 0. The van der Waals surface area contributed by atoms with Gasteiger partial charge in [-0.3, -0.25) is 4.79 Å². The predicted octanol–water partition coefficient (Wildman–Crippen LogP) is 4.10. The average Bonchev–Trinajstić information content (AvgIpc) is 2.35. The van der Waals surface area contributed by atoms with Crippen molar-refractivity contribution in [3.8, 4) is 0 Å². The molecular formula is C13H6BrF3O. The van der Waals surface area contributed by atoms with Crippen LogP contribution in [0.5, 0.6) is 0 Å². The lowest BCUT2D eigenvalue weighted by atomic mass is 10.0. The maximum absolute atomic E-state index is 13.5. The first-order valence-corrected chi connectivity index (χ1v) is 5.74. The topological polar surface area (TPSA) is 17.1 Å². The summed E-state index contributed by atoms with van der Waals surface area (Å²) in [5.41, 5.74) is -0.304. The summed E-state index contributed by atoms with van der Waals surface area (Å²) in [7, 11) is 0. The van der Waals surface area contributed by atoms with Gasteiger partial charge in [0.1, 0.15) is 0 Å². The van der Waals surface area contributed by atoms with Crippen LogP contribution in [0.3, 0.4) is 0 Å². The molecule has 92 valence electrons. The molecule has 0 aliphatic carbocycles. The monoisotopic (exact) mass is 314 g/mol. The van der Waals surface area contributed by atoms with E-state index in [2.05, 4.69) is 15.9 Å². The van der Waals surface area contributed by atoms with Crippen LogP contribution in [0.15, 0.2) is 40.9 Å². The molecule has 0 saturated heterocycles. The highest BCUT2D eigenvalue weighted by Crippen LogP contribution is 2.20. The normalized spacial score (nSPS) is 10.4. The van der Waals surface area contributed by atoms with Crippen LogP contribution >= 0.6 is 15.9 Å². The molecule has 0 atom stereocenters. The highest BCUT2D eigenvalue weighted by Gasteiger charge is 2.19. The lowest BCUT2D eigenvalue weighted by Gasteiger charge is -2.04. The van der Waals surface area contributed by atoms with E-state index in [1.165, 1.54) is 12.1 Å². The van der Waals surface area contributed by atoms with Gasteiger partial charge in [0, 0.05) is 10.0 Å². The van der Waals surface area contributed by atoms with Crippen molar-refractivity contribution in [3.63, 3.8) is 0 Å². The highest BCUT2D eigenvalue weighted by molar-refractivity contribution is 9.10. The second-order valence-electron chi connectivity index (χ2n) is 3.56. The zero-order valence-electron chi connectivity index (χ0n) is 8.88. The van der Waals surface area contributed by atoms with Gasteiger partial charge in [-0.1, -0.05) is 28.1 Å². The fraction of sp³-hybridized carbons (Fsp3) is 0. The molecule has 0 N–H and O–H groups in total. The van der Waals surface area contributed by atoms with Crippen LogP contribution in [0.1, 0.15) is 15.9 Å². The smallest absolute Gasteiger partial charge is 0.196 e. The van der Waals surface area contributed by atoms with Gasteiger partial charge < -0.3 is 0 Å². The van der Waals surface area contributed by atoms with E-state index in [0.717, 1.165) is 12.1 Å². The molecule has 0 heterocycles.